The molecule has 0 radical (unpaired) electrons. The molecule has 3 heterocycles. The minimum atomic E-state index is -1.49. The number of Topliss-reactive ketones (excluding diaryl/α,β-unsaturated/α-hetero) is 1. The van der Waals surface area contributed by atoms with Crippen molar-refractivity contribution in [1.82, 2.24) is 20.8 Å². The average molecular weight is 392 g/mol. The van der Waals surface area contributed by atoms with Gasteiger partial charge in [-0.05, 0) is 30.9 Å². The van der Waals surface area contributed by atoms with E-state index < -0.39 is 11.8 Å². The van der Waals surface area contributed by atoms with Gasteiger partial charge < -0.3 is 10.5 Å². The topological polar surface area (TPSA) is 117 Å². The molecule has 2 aromatic rings. The van der Waals surface area contributed by atoms with Crippen LogP contribution in [-0.4, -0.2) is 38.7 Å². The quantitative estimate of drug-likeness (QED) is 0.529. The number of carboxylic acid groups (broad SMARTS) is 1. The van der Waals surface area contributed by atoms with Crippen molar-refractivity contribution in [3.8, 4) is 10.7 Å². The first-order valence-electron chi connectivity index (χ1n) is 8.00. The number of aromatic nitrogens is 2. The summed E-state index contributed by atoms with van der Waals surface area (Å²) in [6.45, 7) is 0. The Bertz CT molecular complexity index is 924. The van der Waals surface area contributed by atoms with Gasteiger partial charge in [0.1, 0.15) is 10.9 Å². The number of aliphatic imine (C=N–C) groups is 1. The zero-order valence-corrected chi connectivity index (χ0v) is 15.0. The molecule has 2 fully saturated rings. The van der Waals surface area contributed by atoms with E-state index in [0.717, 1.165) is 23.6 Å². The van der Waals surface area contributed by atoms with E-state index in [0.29, 0.717) is 33.5 Å². The third-order valence-electron chi connectivity index (χ3n) is 4.22. The molecule has 3 N–H and O–H groups in total. The van der Waals surface area contributed by atoms with Gasteiger partial charge in [0.25, 0.3) is 5.78 Å². The van der Waals surface area contributed by atoms with Crippen LogP contribution in [0.5, 0.6) is 0 Å². The van der Waals surface area contributed by atoms with Gasteiger partial charge >= 0.3 is 5.97 Å². The number of amidine groups is 1. The van der Waals surface area contributed by atoms with Crippen molar-refractivity contribution in [2.24, 2.45) is 10.9 Å². The number of hydrogen-bond donors (Lipinski definition) is 3. The molecule has 10 heteroatoms. The number of nitrogens with zero attached hydrogens (tertiary/aromatic N) is 3. The molecule has 134 valence electrons. The summed E-state index contributed by atoms with van der Waals surface area (Å²) in [5.41, 5.74) is 6.29. The van der Waals surface area contributed by atoms with Crippen molar-refractivity contribution in [3.05, 3.63) is 28.2 Å². The molecule has 1 saturated carbocycles. The van der Waals surface area contributed by atoms with E-state index >= 15 is 0 Å². The zero-order valence-electron chi connectivity index (χ0n) is 13.4. The summed E-state index contributed by atoms with van der Waals surface area (Å²) >= 11 is 7.18. The predicted molar refractivity (Wildman–Crippen MR) is 96.8 cm³/mol. The Kier molecular flexibility index (Phi) is 4.43. The van der Waals surface area contributed by atoms with Gasteiger partial charge in [0.2, 0.25) is 0 Å². The SMILES string of the molecule is O=C(O)C(=O)c1ccc(-c2ncc(Cl)c(N=C3CC(C4CC4)NN3)n2)s1. The number of halogens is 1. The van der Waals surface area contributed by atoms with Crippen LogP contribution in [0.15, 0.2) is 23.3 Å². The van der Waals surface area contributed by atoms with Crippen LogP contribution in [0, 0.1) is 5.92 Å². The summed E-state index contributed by atoms with van der Waals surface area (Å²) in [7, 11) is 0. The second-order valence-corrected chi connectivity index (χ2v) is 7.63. The summed E-state index contributed by atoms with van der Waals surface area (Å²) in [5.74, 6) is -0.315. The van der Waals surface area contributed by atoms with E-state index in [-0.39, 0.29) is 4.88 Å². The first-order valence-corrected chi connectivity index (χ1v) is 9.20. The van der Waals surface area contributed by atoms with Crippen molar-refractivity contribution in [1.29, 1.82) is 0 Å². The van der Waals surface area contributed by atoms with Crippen LogP contribution in [0.1, 0.15) is 28.9 Å². The number of thiophene rings is 1. The number of hydrogen-bond acceptors (Lipinski definition) is 7. The highest BCUT2D eigenvalue weighted by Gasteiger charge is 2.35. The fourth-order valence-electron chi connectivity index (χ4n) is 2.71. The van der Waals surface area contributed by atoms with Gasteiger partial charge in [-0.25, -0.2) is 25.2 Å². The molecule has 0 spiro atoms. The van der Waals surface area contributed by atoms with Crippen LogP contribution in [0.3, 0.4) is 0 Å². The smallest absolute Gasteiger partial charge is 0.378 e. The van der Waals surface area contributed by atoms with E-state index in [1.54, 1.807) is 6.07 Å². The molecule has 1 atom stereocenters. The third kappa shape index (κ3) is 3.46. The number of carbonyl (C=O) groups excluding carboxylic acids is 1. The second kappa shape index (κ2) is 6.75. The lowest BCUT2D eigenvalue weighted by Gasteiger charge is -2.03. The minimum Gasteiger partial charge on any atom is -0.475 e. The number of hydrazine groups is 1. The van der Waals surface area contributed by atoms with Crippen molar-refractivity contribution in [3.63, 3.8) is 0 Å². The maximum atomic E-state index is 11.5. The van der Waals surface area contributed by atoms with Gasteiger partial charge in [-0.15, -0.1) is 11.3 Å². The Morgan fingerprint density at radius 1 is 1.35 bits per heavy atom. The summed E-state index contributed by atoms with van der Waals surface area (Å²) in [4.78, 5) is 36.0. The molecule has 1 saturated heterocycles. The van der Waals surface area contributed by atoms with Crippen molar-refractivity contribution < 1.29 is 14.7 Å². The Hall–Kier alpha value is -2.36. The Morgan fingerprint density at radius 2 is 2.15 bits per heavy atom. The Labute approximate surface area is 157 Å². The molecule has 0 bridgehead atoms. The molecule has 0 amide bonds. The maximum Gasteiger partial charge on any atom is 0.378 e. The van der Waals surface area contributed by atoms with Crippen molar-refractivity contribution in [2.75, 3.05) is 0 Å². The maximum absolute atomic E-state index is 11.5. The first-order chi connectivity index (χ1) is 12.5. The summed E-state index contributed by atoms with van der Waals surface area (Å²) in [6, 6.07) is 3.44. The molecule has 8 nitrogen and oxygen atoms in total. The number of nitrogens with one attached hydrogen (secondary N) is 2. The van der Waals surface area contributed by atoms with Gasteiger partial charge in [0.05, 0.1) is 16.0 Å². The van der Waals surface area contributed by atoms with Crippen molar-refractivity contribution >= 4 is 46.3 Å². The molecule has 4 rings (SSSR count). The molecule has 1 aliphatic heterocycles. The van der Waals surface area contributed by atoms with Gasteiger partial charge in [0, 0.05) is 12.5 Å². The van der Waals surface area contributed by atoms with Crippen LogP contribution in [0.25, 0.3) is 10.7 Å². The third-order valence-corrected chi connectivity index (χ3v) is 5.56. The number of carbonyl (C=O) groups is 2. The van der Waals surface area contributed by atoms with Crippen LogP contribution in [-0.2, 0) is 4.79 Å². The fraction of sp³-hybridized carbons (Fsp3) is 0.312. The lowest BCUT2D eigenvalue weighted by molar-refractivity contribution is -0.131. The normalized spacial score (nSPS) is 21.0. The zero-order chi connectivity index (χ0) is 18.3. The number of rotatable bonds is 5. The minimum absolute atomic E-state index is 0.118. The van der Waals surface area contributed by atoms with Crippen LogP contribution in [0.4, 0.5) is 5.82 Å². The molecule has 1 unspecified atom stereocenters. The van der Waals surface area contributed by atoms with Gasteiger partial charge in [-0.2, -0.15) is 0 Å². The van der Waals surface area contributed by atoms with Crippen LogP contribution >= 0.6 is 22.9 Å². The lowest BCUT2D eigenvalue weighted by atomic mass is 10.1. The monoisotopic (exact) mass is 391 g/mol. The summed E-state index contributed by atoms with van der Waals surface area (Å²) in [5, 5.41) is 9.11. The summed E-state index contributed by atoms with van der Waals surface area (Å²) < 4.78 is 0. The second-order valence-electron chi connectivity index (χ2n) is 6.14. The largest absolute Gasteiger partial charge is 0.475 e. The number of carboxylic acids is 1. The molecule has 1 aliphatic carbocycles. The highest BCUT2D eigenvalue weighted by Crippen LogP contribution is 2.35. The molecule has 0 aromatic carbocycles. The van der Waals surface area contributed by atoms with E-state index in [1.807, 2.05) is 0 Å². The first kappa shape index (κ1) is 17.1. The van der Waals surface area contributed by atoms with Gasteiger partial charge in [-0.3, -0.25) is 4.79 Å². The van der Waals surface area contributed by atoms with E-state index in [2.05, 4.69) is 25.8 Å². The van der Waals surface area contributed by atoms with E-state index in [4.69, 9.17) is 16.7 Å². The van der Waals surface area contributed by atoms with Gasteiger partial charge in [-0.1, -0.05) is 11.6 Å². The van der Waals surface area contributed by atoms with Crippen LogP contribution < -0.4 is 10.9 Å². The van der Waals surface area contributed by atoms with E-state index in [9.17, 15) is 9.59 Å². The highest BCUT2D eigenvalue weighted by atomic mass is 35.5. The van der Waals surface area contributed by atoms with E-state index in [1.165, 1.54) is 25.1 Å². The Balaban J connectivity index is 1.58. The number of aliphatic carboxylic acids is 1. The van der Waals surface area contributed by atoms with Crippen LogP contribution in [0.2, 0.25) is 5.02 Å². The van der Waals surface area contributed by atoms with Crippen molar-refractivity contribution in [2.45, 2.75) is 25.3 Å². The highest BCUT2D eigenvalue weighted by molar-refractivity contribution is 7.18. The average Bonchev–Trinajstić information content (AvgIpc) is 3.17. The molecular formula is C16H14ClN5O3S. The predicted octanol–water partition coefficient (Wildman–Crippen LogP) is 2.43. The molecule has 26 heavy (non-hydrogen) atoms. The molecule has 2 aromatic heterocycles. The summed E-state index contributed by atoms with van der Waals surface area (Å²) in [6.07, 6.45) is 4.71. The number of ketones is 1. The fourth-order valence-corrected chi connectivity index (χ4v) is 3.72. The Morgan fingerprint density at radius 3 is 2.88 bits per heavy atom. The molecular weight excluding hydrogens is 378 g/mol. The standard InChI is InChI=1S/C16H14ClN5O3S/c17-8-6-18-15(11-4-3-10(26-11)13(23)16(24)25)20-14(8)19-12-5-9(21-22-12)7-1-2-7/h3-4,6-7,9,21H,1-2,5H2,(H,24,25)(H,18,19,20,22). The molecule has 2 aliphatic rings. The lowest BCUT2D eigenvalue weighted by Crippen LogP contribution is -2.32. The van der Waals surface area contributed by atoms with Gasteiger partial charge in [0.15, 0.2) is 11.6 Å².